The van der Waals surface area contributed by atoms with Crippen molar-refractivity contribution >= 4 is 22.5 Å². The highest BCUT2D eigenvalue weighted by Gasteiger charge is 2.20. The Morgan fingerprint density at radius 2 is 2.05 bits per heavy atom. The molecule has 0 spiro atoms. The summed E-state index contributed by atoms with van der Waals surface area (Å²) in [7, 11) is 0. The third-order valence-corrected chi connectivity index (χ3v) is 4.50. The number of rotatable bonds is 3. The van der Waals surface area contributed by atoms with Gasteiger partial charge in [-0.05, 0) is 30.9 Å². The predicted molar refractivity (Wildman–Crippen MR) is 82.0 cm³/mol. The predicted octanol–water partition coefficient (Wildman–Crippen LogP) is 5.50. The quantitative estimate of drug-likeness (QED) is 0.720. The van der Waals surface area contributed by atoms with Gasteiger partial charge >= 0.3 is 0 Å². The molecular formula is C17H20ClN. The first-order valence-corrected chi connectivity index (χ1v) is 7.75. The van der Waals surface area contributed by atoms with E-state index in [1.54, 1.807) is 0 Å². The number of aryl methyl sites for hydroxylation is 1. The van der Waals surface area contributed by atoms with Crippen molar-refractivity contribution in [3.63, 3.8) is 0 Å². The van der Waals surface area contributed by atoms with E-state index in [1.807, 2.05) is 0 Å². The second-order valence-corrected chi connectivity index (χ2v) is 5.98. The molecule has 1 fully saturated rings. The Balaban J connectivity index is 2.13. The average Bonchev–Trinajstić information content (AvgIpc) is 2.94. The molecule has 0 amide bonds. The second-order valence-electron chi connectivity index (χ2n) is 5.57. The molecule has 0 aliphatic heterocycles. The first-order valence-electron chi connectivity index (χ1n) is 7.37. The highest BCUT2D eigenvalue weighted by Crippen LogP contribution is 2.36. The lowest BCUT2D eigenvalue weighted by molar-refractivity contribution is 0.701. The number of aromatic nitrogens is 1. The molecule has 0 saturated heterocycles. The molecule has 1 aliphatic rings. The Morgan fingerprint density at radius 3 is 2.79 bits per heavy atom. The Bertz CT molecular complexity index is 585. The van der Waals surface area contributed by atoms with E-state index in [9.17, 15) is 0 Å². The number of halogens is 1. The van der Waals surface area contributed by atoms with Gasteiger partial charge in [-0.2, -0.15) is 0 Å². The molecule has 2 aromatic rings. The lowest BCUT2D eigenvalue weighted by Crippen LogP contribution is -1.99. The van der Waals surface area contributed by atoms with Crippen LogP contribution in [0.2, 0.25) is 5.02 Å². The lowest BCUT2D eigenvalue weighted by Gasteiger charge is -2.13. The maximum Gasteiger partial charge on any atom is 0.0752 e. The van der Waals surface area contributed by atoms with Crippen LogP contribution in [0.4, 0.5) is 0 Å². The molecule has 1 nitrogen and oxygen atoms in total. The van der Waals surface area contributed by atoms with Gasteiger partial charge in [0, 0.05) is 17.0 Å². The van der Waals surface area contributed by atoms with Crippen LogP contribution in [0.15, 0.2) is 24.3 Å². The van der Waals surface area contributed by atoms with Crippen LogP contribution < -0.4 is 0 Å². The van der Waals surface area contributed by atoms with Crippen molar-refractivity contribution in [3.05, 3.63) is 40.5 Å². The van der Waals surface area contributed by atoms with Crippen molar-refractivity contribution in [2.75, 3.05) is 0 Å². The topological polar surface area (TPSA) is 12.9 Å². The van der Waals surface area contributed by atoms with Crippen LogP contribution in [0.5, 0.6) is 0 Å². The van der Waals surface area contributed by atoms with E-state index in [0.29, 0.717) is 5.92 Å². The SMILES string of the molecule is CCCc1cccc2c(Cl)cc(C3CCCC3)nc12. The molecule has 1 aromatic heterocycles. The molecule has 3 rings (SSSR count). The Kier molecular flexibility index (Phi) is 3.74. The molecule has 100 valence electrons. The Morgan fingerprint density at radius 1 is 1.26 bits per heavy atom. The number of pyridine rings is 1. The number of para-hydroxylation sites is 1. The number of nitrogens with zero attached hydrogens (tertiary/aromatic N) is 1. The van der Waals surface area contributed by atoms with Crippen LogP contribution in [0.3, 0.4) is 0 Å². The van der Waals surface area contributed by atoms with E-state index >= 15 is 0 Å². The van der Waals surface area contributed by atoms with Crippen molar-refractivity contribution in [2.24, 2.45) is 0 Å². The molecule has 0 unspecified atom stereocenters. The molecule has 1 aromatic carbocycles. The first kappa shape index (κ1) is 12.9. The van der Waals surface area contributed by atoms with Gasteiger partial charge in [0.1, 0.15) is 0 Å². The van der Waals surface area contributed by atoms with Gasteiger partial charge < -0.3 is 0 Å². The van der Waals surface area contributed by atoms with Gasteiger partial charge in [0.25, 0.3) is 0 Å². The van der Waals surface area contributed by atoms with Gasteiger partial charge in [-0.15, -0.1) is 0 Å². The fraction of sp³-hybridized carbons (Fsp3) is 0.471. The Hall–Kier alpha value is -1.08. The van der Waals surface area contributed by atoms with Gasteiger partial charge in [-0.3, -0.25) is 4.98 Å². The van der Waals surface area contributed by atoms with Gasteiger partial charge in [0.2, 0.25) is 0 Å². The van der Waals surface area contributed by atoms with Crippen molar-refractivity contribution in [3.8, 4) is 0 Å². The van der Waals surface area contributed by atoms with E-state index in [-0.39, 0.29) is 0 Å². The highest BCUT2D eigenvalue weighted by atomic mass is 35.5. The minimum Gasteiger partial charge on any atom is -0.252 e. The molecule has 0 atom stereocenters. The van der Waals surface area contributed by atoms with E-state index in [4.69, 9.17) is 16.6 Å². The summed E-state index contributed by atoms with van der Waals surface area (Å²) in [5.41, 5.74) is 3.67. The van der Waals surface area contributed by atoms with E-state index < -0.39 is 0 Å². The van der Waals surface area contributed by atoms with E-state index in [1.165, 1.54) is 36.9 Å². The van der Waals surface area contributed by atoms with Gasteiger partial charge in [0.05, 0.1) is 10.5 Å². The van der Waals surface area contributed by atoms with E-state index in [0.717, 1.165) is 28.8 Å². The largest absolute Gasteiger partial charge is 0.252 e. The normalized spacial score (nSPS) is 16.3. The van der Waals surface area contributed by atoms with Gasteiger partial charge in [0.15, 0.2) is 0 Å². The van der Waals surface area contributed by atoms with Crippen LogP contribution in [0.25, 0.3) is 10.9 Å². The van der Waals surface area contributed by atoms with Crippen molar-refractivity contribution in [2.45, 2.75) is 51.4 Å². The smallest absolute Gasteiger partial charge is 0.0752 e. The molecule has 2 heteroatoms. The summed E-state index contributed by atoms with van der Waals surface area (Å²) < 4.78 is 0. The summed E-state index contributed by atoms with van der Waals surface area (Å²) in [5.74, 6) is 0.622. The summed E-state index contributed by atoms with van der Waals surface area (Å²) in [6.07, 6.45) is 7.42. The van der Waals surface area contributed by atoms with Crippen LogP contribution in [-0.2, 0) is 6.42 Å². The molecule has 1 heterocycles. The molecule has 1 saturated carbocycles. The molecule has 0 N–H and O–H groups in total. The Labute approximate surface area is 120 Å². The maximum absolute atomic E-state index is 6.47. The molecule has 0 radical (unpaired) electrons. The van der Waals surface area contributed by atoms with Crippen molar-refractivity contribution in [1.29, 1.82) is 0 Å². The van der Waals surface area contributed by atoms with Gasteiger partial charge in [-0.1, -0.05) is 56.0 Å². The molecule has 19 heavy (non-hydrogen) atoms. The van der Waals surface area contributed by atoms with Crippen molar-refractivity contribution in [1.82, 2.24) is 4.98 Å². The molecular weight excluding hydrogens is 254 g/mol. The fourth-order valence-corrected chi connectivity index (χ4v) is 3.45. The number of fused-ring (bicyclic) bond motifs is 1. The number of benzene rings is 1. The second kappa shape index (κ2) is 5.50. The lowest BCUT2D eigenvalue weighted by atomic mass is 10.00. The zero-order chi connectivity index (χ0) is 13.2. The van der Waals surface area contributed by atoms with Crippen molar-refractivity contribution < 1.29 is 0 Å². The third-order valence-electron chi connectivity index (χ3n) is 4.19. The summed E-state index contributed by atoms with van der Waals surface area (Å²) in [5, 5.41) is 1.97. The molecule has 1 aliphatic carbocycles. The summed E-state index contributed by atoms with van der Waals surface area (Å²) in [6, 6.07) is 8.46. The zero-order valence-corrected chi connectivity index (χ0v) is 12.2. The third kappa shape index (κ3) is 2.49. The van der Waals surface area contributed by atoms with E-state index in [2.05, 4.69) is 31.2 Å². The number of hydrogen-bond donors (Lipinski definition) is 0. The monoisotopic (exact) mass is 273 g/mol. The highest BCUT2D eigenvalue weighted by molar-refractivity contribution is 6.35. The number of hydrogen-bond acceptors (Lipinski definition) is 1. The standard InChI is InChI=1S/C17H20ClN/c1-2-6-13-9-5-10-14-15(18)11-16(19-17(13)14)12-7-3-4-8-12/h5,9-12H,2-4,6-8H2,1H3. The van der Waals surface area contributed by atoms with Crippen LogP contribution in [-0.4, -0.2) is 4.98 Å². The van der Waals surface area contributed by atoms with Crippen LogP contribution in [0, 0.1) is 0 Å². The van der Waals surface area contributed by atoms with Crippen LogP contribution in [0.1, 0.15) is 56.2 Å². The molecule has 0 bridgehead atoms. The minimum atomic E-state index is 0.622. The zero-order valence-electron chi connectivity index (χ0n) is 11.5. The van der Waals surface area contributed by atoms with Gasteiger partial charge in [-0.25, -0.2) is 0 Å². The first-order chi connectivity index (χ1) is 9.29. The fourth-order valence-electron chi connectivity index (χ4n) is 3.19. The summed E-state index contributed by atoms with van der Waals surface area (Å²) in [6.45, 7) is 2.21. The van der Waals surface area contributed by atoms with Crippen LogP contribution >= 0.6 is 11.6 Å². The summed E-state index contributed by atoms with van der Waals surface area (Å²) >= 11 is 6.47. The maximum atomic E-state index is 6.47. The average molecular weight is 274 g/mol. The summed E-state index contributed by atoms with van der Waals surface area (Å²) in [4.78, 5) is 4.95. The minimum absolute atomic E-state index is 0.622.